The van der Waals surface area contributed by atoms with Crippen molar-refractivity contribution in [2.45, 2.75) is 0 Å². The molecule has 0 aromatic rings. The molecule has 4 nitrogen and oxygen atoms in total. The highest BCUT2D eigenvalue weighted by atomic mass is 15.4. The van der Waals surface area contributed by atoms with Crippen LogP contribution in [-0.2, 0) is 0 Å². The van der Waals surface area contributed by atoms with Crippen LogP contribution in [0.5, 0.6) is 0 Å². The van der Waals surface area contributed by atoms with E-state index < -0.39 is 0 Å². The van der Waals surface area contributed by atoms with Gasteiger partial charge in [0.1, 0.15) is 6.34 Å². The Morgan fingerprint density at radius 2 is 2.67 bits per heavy atom. The van der Waals surface area contributed by atoms with E-state index >= 15 is 0 Å². The molecule has 0 radical (unpaired) electrons. The summed E-state index contributed by atoms with van der Waals surface area (Å²) in [4.78, 5) is 9.77. The molecule has 0 spiro atoms. The van der Waals surface area contributed by atoms with Gasteiger partial charge in [-0.15, -0.1) is 0 Å². The van der Waals surface area contributed by atoms with E-state index in [4.69, 9.17) is 0 Å². The second-order valence-corrected chi connectivity index (χ2v) is 1.84. The van der Waals surface area contributed by atoms with E-state index in [-0.39, 0.29) is 0 Å². The van der Waals surface area contributed by atoms with Gasteiger partial charge in [0.2, 0.25) is 0 Å². The van der Waals surface area contributed by atoms with Gasteiger partial charge in [-0.05, 0) is 0 Å². The SMILES string of the molecule is C1=NC=NC2=CNCN12. The first-order chi connectivity index (χ1) is 4.47. The number of nitrogens with one attached hydrogen (secondary N) is 1. The molecule has 0 aromatic heterocycles. The van der Waals surface area contributed by atoms with E-state index in [1.165, 1.54) is 6.34 Å². The van der Waals surface area contributed by atoms with Crippen molar-refractivity contribution in [1.29, 1.82) is 0 Å². The van der Waals surface area contributed by atoms with Crippen molar-refractivity contribution in [1.82, 2.24) is 10.2 Å². The average Bonchev–Trinajstić information content (AvgIpc) is 2.33. The first-order valence-electron chi connectivity index (χ1n) is 2.73. The molecule has 0 bridgehead atoms. The van der Waals surface area contributed by atoms with Gasteiger partial charge < -0.3 is 5.32 Å². The van der Waals surface area contributed by atoms with E-state index in [2.05, 4.69) is 15.3 Å². The van der Waals surface area contributed by atoms with E-state index in [9.17, 15) is 0 Å². The molecular weight excluding hydrogens is 116 g/mol. The van der Waals surface area contributed by atoms with Gasteiger partial charge in [-0.2, -0.15) is 0 Å². The third-order valence-corrected chi connectivity index (χ3v) is 1.25. The number of aliphatic imine (C=N–C) groups is 2. The number of fused-ring (bicyclic) bond motifs is 1. The highest BCUT2D eigenvalue weighted by Crippen LogP contribution is 2.08. The van der Waals surface area contributed by atoms with Crippen molar-refractivity contribution < 1.29 is 0 Å². The lowest BCUT2D eigenvalue weighted by Gasteiger charge is -2.12. The number of hydrogen-bond acceptors (Lipinski definition) is 4. The Labute approximate surface area is 52.6 Å². The molecule has 0 saturated carbocycles. The van der Waals surface area contributed by atoms with Gasteiger partial charge in [0.15, 0.2) is 5.82 Å². The third-order valence-electron chi connectivity index (χ3n) is 1.25. The number of nitrogens with zero attached hydrogens (tertiary/aromatic N) is 3. The minimum atomic E-state index is 0.788. The summed E-state index contributed by atoms with van der Waals surface area (Å²) < 4.78 is 0. The Morgan fingerprint density at radius 3 is 3.56 bits per heavy atom. The van der Waals surface area contributed by atoms with Crippen LogP contribution in [0.1, 0.15) is 0 Å². The van der Waals surface area contributed by atoms with Gasteiger partial charge in [0, 0.05) is 6.20 Å². The molecule has 2 aliphatic rings. The second kappa shape index (κ2) is 1.58. The van der Waals surface area contributed by atoms with Crippen molar-refractivity contribution in [3.8, 4) is 0 Å². The van der Waals surface area contributed by atoms with Crippen LogP contribution in [0.3, 0.4) is 0 Å². The fourth-order valence-electron chi connectivity index (χ4n) is 0.813. The Morgan fingerprint density at radius 1 is 1.67 bits per heavy atom. The molecule has 0 amide bonds. The van der Waals surface area contributed by atoms with Crippen LogP contribution in [-0.4, -0.2) is 24.2 Å². The molecule has 4 heteroatoms. The summed E-state index contributed by atoms with van der Waals surface area (Å²) >= 11 is 0. The summed E-state index contributed by atoms with van der Waals surface area (Å²) in [6.07, 6.45) is 5.15. The summed E-state index contributed by atoms with van der Waals surface area (Å²) in [6.45, 7) is 0.788. The molecule has 1 N–H and O–H groups in total. The normalized spacial score (nSPS) is 21.3. The predicted molar refractivity (Wildman–Crippen MR) is 34.9 cm³/mol. The summed E-state index contributed by atoms with van der Waals surface area (Å²) in [7, 11) is 0. The Balaban J connectivity index is 2.33. The molecule has 46 valence electrons. The van der Waals surface area contributed by atoms with Crippen LogP contribution in [0.2, 0.25) is 0 Å². The minimum absolute atomic E-state index is 0.788. The molecule has 0 atom stereocenters. The number of hydrogen-bond donors (Lipinski definition) is 1. The average molecular weight is 122 g/mol. The summed E-state index contributed by atoms with van der Waals surface area (Å²) in [5.74, 6) is 0.935. The van der Waals surface area contributed by atoms with Crippen LogP contribution < -0.4 is 5.32 Å². The quantitative estimate of drug-likeness (QED) is 0.480. The molecule has 0 aliphatic carbocycles. The van der Waals surface area contributed by atoms with Crippen LogP contribution in [0.4, 0.5) is 0 Å². The second-order valence-electron chi connectivity index (χ2n) is 1.84. The van der Waals surface area contributed by atoms with Gasteiger partial charge in [-0.3, -0.25) is 4.90 Å². The minimum Gasteiger partial charge on any atom is -0.370 e. The van der Waals surface area contributed by atoms with Gasteiger partial charge in [-0.1, -0.05) is 0 Å². The van der Waals surface area contributed by atoms with Crippen molar-refractivity contribution in [3.05, 3.63) is 12.0 Å². The first-order valence-corrected chi connectivity index (χ1v) is 2.73. The van der Waals surface area contributed by atoms with Crippen molar-refractivity contribution >= 4 is 12.7 Å². The zero-order valence-electron chi connectivity index (χ0n) is 4.78. The Bertz CT molecular complexity index is 200. The summed E-state index contributed by atoms with van der Waals surface area (Å²) in [6, 6.07) is 0. The Kier molecular flexibility index (Phi) is 0.798. The fourth-order valence-corrected chi connectivity index (χ4v) is 0.813. The molecule has 2 rings (SSSR count). The predicted octanol–water partition coefficient (Wildman–Crippen LogP) is -0.282. The van der Waals surface area contributed by atoms with Crippen molar-refractivity contribution in [2.24, 2.45) is 9.98 Å². The van der Waals surface area contributed by atoms with Crippen molar-refractivity contribution in [2.75, 3.05) is 6.67 Å². The van der Waals surface area contributed by atoms with E-state index in [0.29, 0.717) is 0 Å². The van der Waals surface area contributed by atoms with Gasteiger partial charge in [0.25, 0.3) is 0 Å². The van der Waals surface area contributed by atoms with E-state index in [0.717, 1.165) is 12.5 Å². The maximum atomic E-state index is 3.99. The van der Waals surface area contributed by atoms with E-state index in [1.54, 1.807) is 6.34 Å². The first kappa shape index (κ1) is 4.55. The van der Waals surface area contributed by atoms with Crippen LogP contribution in [0, 0.1) is 0 Å². The summed E-state index contributed by atoms with van der Waals surface area (Å²) in [5, 5.41) is 3.02. The van der Waals surface area contributed by atoms with Gasteiger partial charge in [-0.25, -0.2) is 9.98 Å². The highest BCUT2D eigenvalue weighted by Gasteiger charge is 2.11. The molecule has 9 heavy (non-hydrogen) atoms. The fraction of sp³-hybridized carbons (Fsp3) is 0.200. The van der Waals surface area contributed by atoms with Gasteiger partial charge >= 0.3 is 0 Å². The molecular formula is C5H6N4. The monoisotopic (exact) mass is 122 g/mol. The molecule has 2 aliphatic heterocycles. The van der Waals surface area contributed by atoms with Gasteiger partial charge in [0.05, 0.1) is 13.0 Å². The standard InChI is InChI=1S/C5H6N4/c1-5-8-2-7-4-9(5)3-6-1/h1-2,4,6H,3H2. The van der Waals surface area contributed by atoms with E-state index in [1.807, 2.05) is 11.1 Å². The molecule has 0 aromatic carbocycles. The molecule has 2 heterocycles. The summed E-state index contributed by atoms with van der Waals surface area (Å²) in [5.41, 5.74) is 0. The van der Waals surface area contributed by atoms with Crippen LogP contribution in [0.25, 0.3) is 0 Å². The lowest BCUT2D eigenvalue weighted by molar-refractivity contribution is 0.544. The molecule has 0 unspecified atom stereocenters. The van der Waals surface area contributed by atoms with Crippen molar-refractivity contribution in [3.63, 3.8) is 0 Å². The van der Waals surface area contributed by atoms with Crippen LogP contribution in [0.15, 0.2) is 22.0 Å². The maximum absolute atomic E-state index is 3.99. The smallest absolute Gasteiger partial charge is 0.152 e. The maximum Gasteiger partial charge on any atom is 0.152 e. The number of rotatable bonds is 0. The highest BCUT2D eigenvalue weighted by molar-refractivity contribution is 5.76. The lowest BCUT2D eigenvalue weighted by Crippen LogP contribution is -2.22. The lowest BCUT2D eigenvalue weighted by atomic mass is 10.7. The zero-order valence-corrected chi connectivity index (χ0v) is 4.78. The zero-order chi connectivity index (χ0) is 6.10. The third kappa shape index (κ3) is 0.595. The van der Waals surface area contributed by atoms with Crippen LogP contribution >= 0.6 is 0 Å². The largest absolute Gasteiger partial charge is 0.370 e. The molecule has 0 fully saturated rings. The topological polar surface area (TPSA) is 40.0 Å². The molecule has 0 saturated heterocycles. The Hall–Kier alpha value is -1.32.